The molecule has 2 aromatic heterocycles. The molecule has 0 aliphatic carbocycles. The minimum Gasteiger partial charge on any atom is -0.477 e. The van der Waals surface area contributed by atoms with Crippen molar-refractivity contribution in [1.82, 2.24) is 9.21 Å². The predicted molar refractivity (Wildman–Crippen MR) is 95.6 cm³/mol. The molecular formula is C16H22N2O5S2. The van der Waals surface area contributed by atoms with Gasteiger partial charge in [-0.2, -0.15) is 4.31 Å². The second-order valence-corrected chi connectivity index (χ2v) is 9.25. The Balaban J connectivity index is 2.36. The maximum Gasteiger partial charge on any atom is 0.346 e. The Morgan fingerprint density at radius 1 is 1.24 bits per heavy atom. The highest BCUT2D eigenvalue weighted by atomic mass is 32.2. The van der Waals surface area contributed by atoms with Gasteiger partial charge in [0.2, 0.25) is 0 Å². The number of sulfonamides is 1. The van der Waals surface area contributed by atoms with E-state index in [0.29, 0.717) is 23.6 Å². The lowest BCUT2D eigenvalue weighted by Crippen LogP contribution is -2.35. The van der Waals surface area contributed by atoms with Crippen LogP contribution in [-0.2, 0) is 16.6 Å². The standard InChI is InChI=1S/C16H22N2O5S2/c1-11-9-14(24-15(11)16(19)20)25(21,22)18(8-7-17(3)4)10-13-6-5-12(2)23-13/h5-6,9H,7-8,10H2,1-4H3,(H,19,20). The molecule has 2 heterocycles. The fourth-order valence-corrected chi connectivity index (χ4v) is 5.19. The number of furan rings is 1. The van der Waals surface area contributed by atoms with E-state index in [1.54, 1.807) is 26.0 Å². The Hall–Kier alpha value is -1.68. The van der Waals surface area contributed by atoms with Gasteiger partial charge >= 0.3 is 5.97 Å². The van der Waals surface area contributed by atoms with Crippen molar-refractivity contribution < 1.29 is 22.7 Å². The van der Waals surface area contributed by atoms with Crippen LogP contribution in [0.15, 0.2) is 26.8 Å². The van der Waals surface area contributed by atoms with Crippen molar-refractivity contribution in [3.8, 4) is 0 Å². The molecule has 0 aliphatic heterocycles. The van der Waals surface area contributed by atoms with E-state index in [9.17, 15) is 18.3 Å². The predicted octanol–water partition coefficient (Wildman–Crippen LogP) is 2.41. The van der Waals surface area contributed by atoms with Crippen LogP contribution in [0.5, 0.6) is 0 Å². The van der Waals surface area contributed by atoms with E-state index in [-0.39, 0.29) is 22.2 Å². The molecule has 138 valence electrons. The third-order valence-corrected chi connectivity index (χ3v) is 7.13. The van der Waals surface area contributed by atoms with Gasteiger partial charge in [0.05, 0.1) is 6.54 Å². The smallest absolute Gasteiger partial charge is 0.346 e. The van der Waals surface area contributed by atoms with E-state index >= 15 is 0 Å². The molecule has 0 saturated carbocycles. The van der Waals surface area contributed by atoms with Crippen molar-refractivity contribution in [2.45, 2.75) is 24.6 Å². The first kappa shape index (κ1) is 19.6. The second-order valence-electron chi connectivity index (χ2n) is 6.04. The minimum absolute atomic E-state index is 0.0319. The molecule has 0 amide bonds. The highest BCUT2D eigenvalue weighted by Crippen LogP contribution is 2.29. The number of hydrogen-bond acceptors (Lipinski definition) is 6. The van der Waals surface area contributed by atoms with Gasteiger partial charge < -0.3 is 14.4 Å². The van der Waals surface area contributed by atoms with Gasteiger partial charge in [-0.1, -0.05) is 0 Å². The molecule has 7 nitrogen and oxygen atoms in total. The third kappa shape index (κ3) is 4.69. The van der Waals surface area contributed by atoms with Crippen LogP contribution in [0.1, 0.15) is 26.8 Å². The minimum atomic E-state index is -3.82. The van der Waals surface area contributed by atoms with Crippen molar-refractivity contribution in [2.24, 2.45) is 0 Å². The Morgan fingerprint density at radius 3 is 2.40 bits per heavy atom. The molecule has 0 fully saturated rings. The summed E-state index contributed by atoms with van der Waals surface area (Å²) in [6.07, 6.45) is 0. The SMILES string of the molecule is Cc1ccc(CN(CCN(C)C)S(=O)(=O)c2cc(C)c(C(=O)O)s2)o1. The zero-order valence-electron chi connectivity index (χ0n) is 14.6. The molecule has 0 atom stereocenters. The second kappa shape index (κ2) is 7.69. The molecule has 2 aromatic rings. The summed E-state index contributed by atoms with van der Waals surface area (Å²) in [5, 5.41) is 9.18. The molecule has 0 unspecified atom stereocenters. The highest BCUT2D eigenvalue weighted by Gasteiger charge is 2.29. The lowest BCUT2D eigenvalue weighted by molar-refractivity contribution is 0.0701. The van der Waals surface area contributed by atoms with E-state index in [0.717, 1.165) is 11.3 Å². The van der Waals surface area contributed by atoms with Gasteiger partial charge in [0.25, 0.3) is 10.0 Å². The van der Waals surface area contributed by atoms with Crippen LogP contribution in [0.25, 0.3) is 0 Å². The van der Waals surface area contributed by atoms with Gasteiger partial charge in [-0.05, 0) is 51.7 Å². The summed E-state index contributed by atoms with van der Waals surface area (Å²) in [6.45, 7) is 4.30. The van der Waals surface area contributed by atoms with Crippen LogP contribution >= 0.6 is 11.3 Å². The highest BCUT2D eigenvalue weighted by molar-refractivity contribution is 7.91. The van der Waals surface area contributed by atoms with Crippen molar-refractivity contribution in [2.75, 3.05) is 27.2 Å². The molecule has 0 radical (unpaired) electrons. The van der Waals surface area contributed by atoms with Gasteiger partial charge in [-0.3, -0.25) is 0 Å². The van der Waals surface area contributed by atoms with E-state index in [1.165, 1.54) is 10.4 Å². The first-order chi connectivity index (χ1) is 11.6. The molecule has 1 N–H and O–H groups in total. The van der Waals surface area contributed by atoms with E-state index in [1.807, 2.05) is 19.0 Å². The van der Waals surface area contributed by atoms with Gasteiger partial charge in [-0.25, -0.2) is 13.2 Å². The fourth-order valence-electron chi connectivity index (χ4n) is 2.26. The zero-order chi connectivity index (χ0) is 18.8. The summed E-state index contributed by atoms with van der Waals surface area (Å²) in [5.41, 5.74) is 0.442. The number of carbonyl (C=O) groups is 1. The summed E-state index contributed by atoms with van der Waals surface area (Å²) >= 11 is 0.780. The molecule has 2 rings (SSSR count). The molecule has 0 aliphatic rings. The Kier molecular flexibility index (Phi) is 6.04. The molecule has 0 aromatic carbocycles. The van der Waals surface area contributed by atoms with Crippen LogP contribution < -0.4 is 0 Å². The third-order valence-electron chi connectivity index (χ3n) is 3.61. The average Bonchev–Trinajstić information content (AvgIpc) is 3.09. The number of hydrogen-bond donors (Lipinski definition) is 1. The van der Waals surface area contributed by atoms with Crippen LogP contribution in [0.2, 0.25) is 0 Å². The number of thiophene rings is 1. The van der Waals surface area contributed by atoms with Gasteiger partial charge in [-0.15, -0.1) is 11.3 Å². The summed E-state index contributed by atoms with van der Waals surface area (Å²) in [6, 6.07) is 4.94. The van der Waals surface area contributed by atoms with Gasteiger partial charge in [0, 0.05) is 13.1 Å². The molecular weight excluding hydrogens is 364 g/mol. The molecule has 0 saturated heterocycles. The first-order valence-corrected chi connectivity index (χ1v) is 9.91. The number of likely N-dealkylation sites (N-methyl/N-ethyl adjacent to an activating group) is 1. The number of aryl methyl sites for hydroxylation is 2. The first-order valence-electron chi connectivity index (χ1n) is 7.65. The van der Waals surface area contributed by atoms with Crippen molar-refractivity contribution in [1.29, 1.82) is 0 Å². The summed E-state index contributed by atoms with van der Waals surface area (Å²) in [5.74, 6) is 0.136. The summed E-state index contributed by atoms with van der Waals surface area (Å²) < 4.78 is 32.9. The molecule has 9 heteroatoms. The Labute approximate surface area is 151 Å². The Morgan fingerprint density at radius 2 is 1.92 bits per heavy atom. The van der Waals surface area contributed by atoms with E-state index in [2.05, 4.69) is 0 Å². The number of rotatable bonds is 8. The maximum atomic E-state index is 13.0. The number of aromatic carboxylic acids is 1. The van der Waals surface area contributed by atoms with Gasteiger partial charge in [0.1, 0.15) is 20.6 Å². The zero-order valence-corrected chi connectivity index (χ0v) is 16.3. The van der Waals surface area contributed by atoms with Crippen LogP contribution in [-0.4, -0.2) is 55.9 Å². The number of carboxylic acids is 1. The van der Waals surface area contributed by atoms with Crippen molar-refractivity contribution in [3.63, 3.8) is 0 Å². The Bertz CT molecular complexity index is 852. The van der Waals surface area contributed by atoms with E-state index in [4.69, 9.17) is 4.42 Å². The van der Waals surface area contributed by atoms with Crippen LogP contribution in [0, 0.1) is 13.8 Å². The van der Waals surface area contributed by atoms with Gasteiger partial charge in [0.15, 0.2) is 0 Å². The molecule has 25 heavy (non-hydrogen) atoms. The quantitative estimate of drug-likeness (QED) is 0.749. The van der Waals surface area contributed by atoms with Crippen LogP contribution in [0.4, 0.5) is 0 Å². The van der Waals surface area contributed by atoms with Crippen LogP contribution in [0.3, 0.4) is 0 Å². The monoisotopic (exact) mass is 386 g/mol. The van der Waals surface area contributed by atoms with E-state index < -0.39 is 16.0 Å². The number of nitrogens with zero attached hydrogens (tertiary/aromatic N) is 2. The van der Waals surface area contributed by atoms with Crippen molar-refractivity contribution >= 4 is 27.3 Å². The molecule has 0 spiro atoms. The van der Waals surface area contributed by atoms with Crippen molar-refractivity contribution in [3.05, 3.63) is 40.2 Å². The average molecular weight is 386 g/mol. The number of carboxylic acid groups (broad SMARTS) is 1. The summed E-state index contributed by atoms with van der Waals surface area (Å²) in [7, 11) is -0.0975. The summed E-state index contributed by atoms with van der Waals surface area (Å²) in [4.78, 5) is 13.1. The lowest BCUT2D eigenvalue weighted by atomic mass is 10.3. The largest absolute Gasteiger partial charge is 0.477 e. The lowest BCUT2D eigenvalue weighted by Gasteiger charge is -2.22. The normalized spacial score (nSPS) is 12.2. The fraction of sp³-hybridized carbons (Fsp3) is 0.438. The topological polar surface area (TPSA) is 91.1 Å². The molecule has 0 bridgehead atoms. The maximum absolute atomic E-state index is 13.0.